The average Bonchev–Trinajstić information content (AvgIpc) is 2.48. The van der Waals surface area contributed by atoms with Gasteiger partial charge in [0, 0.05) is 17.7 Å². The summed E-state index contributed by atoms with van der Waals surface area (Å²) < 4.78 is 5.55. The van der Waals surface area contributed by atoms with Crippen molar-refractivity contribution in [2.24, 2.45) is 5.92 Å². The Bertz CT molecular complexity index is 296. The van der Waals surface area contributed by atoms with Gasteiger partial charge in [0.1, 0.15) is 5.75 Å². The normalized spacial score (nSPS) is 20.1. The van der Waals surface area contributed by atoms with E-state index in [9.17, 15) is 0 Å². The van der Waals surface area contributed by atoms with Crippen LogP contribution in [0.15, 0.2) is 18.5 Å². The molecule has 70 valence electrons. The molecule has 2 rings (SSSR count). The van der Waals surface area contributed by atoms with Crippen molar-refractivity contribution in [3.8, 4) is 5.75 Å². The van der Waals surface area contributed by atoms with Crippen molar-refractivity contribution in [2.45, 2.75) is 26.2 Å². The fourth-order valence-corrected chi connectivity index (χ4v) is 1.89. The van der Waals surface area contributed by atoms with E-state index >= 15 is 0 Å². The molecule has 2 heterocycles. The van der Waals surface area contributed by atoms with Gasteiger partial charge in [-0.05, 0) is 18.4 Å². The summed E-state index contributed by atoms with van der Waals surface area (Å²) >= 11 is 0. The third-order valence-electron chi connectivity index (χ3n) is 2.45. The van der Waals surface area contributed by atoms with Crippen molar-refractivity contribution >= 4 is 0 Å². The third-order valence-corrected chi connectivity index (χ3v) is 2.45. The van der Waals surface area contributed by atoms with Gasteiger partial charge in [0.15, 0.2) is 0 Å². The highest BCUT2D eigenvalue weighted by molar-refractivity contribution is 5.36. The maximum Gasteiger partial charge on any atom is 0.141 e. The lowest BCUT2D eigenvalue weighted by atomic mass is 9.93. The lowest BCUT2D eigenvalue weighted by Gasteiger charge is -2.10. The standard InChI is InChI=1S/C11H15NO/c1-8(2)5-9-7-13-11-6-12-4-3-10(9)11/h3-4,6,8-9H,5,7H2,1-2H3. The Kier molecular flexibility index (Phi) is 2.21. The van der Waals surface area contributed by atoms with E-state index in [-0.39, 0.29) is 0 Å². The van der Waals surface area contributed by atoms with Gasteiger partial charge in [-0.15, -0.1) is 0 Å². The second kappa shape index (κ2) is 3.36. The van der Waals surface area contributed by atoms with Gasteiger partial charge in [0.25, 0.3) is 0 Å². The van der Waals surface area contributed by atoms with E-state index in [1.165, 1.54) is 12.0 Å². The number of hydrogen-bond acceptors (Lipinski definition) is 2. The van der Waals surface area contributed by atoms with Crippen LogP contribution in [0.5, 0.6) is 5.75 Å². The molecule has 1 aliphatic heterocycles. The molecule has 1 aromatic heterocycles. The van der Waals surface area contributed by atoms with Crippen molar-refractivity contribution in [1.82, 2.24) is 4.98 Å². The molecule has 0 spiro atoms. The first kappa shape index (κ1) is 8.54. The molecule has 0 amide bonds. The highest BCUT2D eigenvalue weighted by atomic mass is 16.5. The Morgan fingerprint density at radius 2 is 2.46 bits per heavy atom. The molecular formula is C11H15NO. The molecular weight excluding hydrogens is 162 g/mol. The minimum absolute atomic E-state index is 0.581. The first-order valence-corrected chi connectivity index (χ1v) is 4.84. The second-order valence-corrected chi connectivity index (χ2v) is 4.05. The first-order valence-electron chi connectivity index (χ1n) is 4.84. The lowest BCUT2D eigenvalue weighted by Crippen LogP contribution is -2.04. The number of rotatable bonds is 2. The summed E-state index contributed by atoms with van der Waals surface area (Å²) in [6, 6.07) is 2.08. The fraction of sp³-hybridized carbons (Fsp3) is 0.545. The minimum Gasteiger partial charge on any atom is -0.491 e. The predicted molar refractivity (Wildman–Crippen MR) is 51.9 cm³/mol. The molecule has 0 aromatic carbocycles. The van der Waals surface area contributed by atoms with Crippen molar-refractivity contribution in [3.05, 3.63) is 24.0 Å². The molecule has 0 N–H and O–H groups in total. The molecule has 1 atom stereocenters. The smallest absolute Gasteiger partial charge is 0.141 e. The van der Waals surface area contributed by atoms with Gasteiger partial charge in [-0.1, -0.05) is 13.8 Å². The molecule has 1 aliphatic rings. The Hall–Kier alpha value is -1.05. The molecule has 0 saturated carbocycles. The predicted octanol–water partition coefficient (Wildman–Crippen LogP) is 2.60. The maximum atomic E-state index is 5.55. The number of hydrogen-bond donors (Lipinski definition) is 0. The third kappa shape index (κ3) is 1.67. The molecule has 0 fully saturated rings. The van der Waals surface area contributed by atoms with Crippen LogP contribution in [0.2, 0.25) is 0 Å². The Morgan fingerprint density at radius 1 is 1.62 bits per heavy atom. The zero-order valence-corrected chi connectivity index (χ0v) is 8.16. The first-order chi connectivity index (χ1) is 6.27. The van der Waals surface area contributed by atoms with E-state index in [4.69, 9.17) is 4.74 Å². The Labute approximate surface area is 78.9 Å². The van der Waals surface area contributed by atoms with Gasteiger partial charge in [-0.3, -0.25) is 4.98 Å². The van der Waals surface area contributed by atoms with Gasteiger partial charge in [-0.25, -0.2) is 0 Å². The molecule has 0 aliphatic carbocycles. The number of nitrogens with zero attached hydrogens (tertiary/aromatic N) is 1. The lowest BCUT2D eigenvalue weighted by molar-refractivity contribution is 0.313. The molecule has 1 aromatic rings. The zero-order chi connectivity index (χ0) is 9.26. The van der Waals surface area contributed by atoms with Crippen molar-refractivity contribution in [3.63, 3.8) is 0 Å². The van der Waals surface area contributed by atoms with Crippen LogP contribution in [-0.2, 0) is 0 Å². The van der Waals surface area contributed by atoms with Crippen LogP contribution in [0.1, 0.15) is 31.7 Å². The van der Waals surface area contributed by atoms with Crippen molar-refractivity contribution < 1.29 is 4.74 Å². The van der Waals surface area contributed by atoms with E-state index in [1.54, 1.807) is 0 Å². The summed E-state index contributed by atoms with van der Waals surface area (Å²) in [6.07, 6.45) is 4.87. The largest absolute Gasteiger partial charge is 0.491 e. The van der Waals surface area contributed by atoms with Crippen LogP contribution >= 0.6 is 0 Å². The summed E-state index contributed by atoms with van der Waals surface area (Å²) in [6.45, 7) is 5.33. The highest BCUT2D eigenvalue weighted by Crippen LogP contribution is 2.36. The van der Waals surface area contributed by atoms with Crippen LogP contribution in [0.3, 0.4) is 0 Å². The van der Waals surface area contributed by atoms with Crippen LogP contribution in [0, 0.1) is 5.92 Å². The van der Waals surface area contributed by atoms with Crippen LogP contribution in [0.25, 0.3) is 0 Å². The van der Waals surface area contributed by atoms with Gasteiger partial charge < -0.3 is 4.74 Å². The minimum atomic E-state index is 0.581. The van der Waals surface area contributed by atoms with E-state index in [0.29, 0.717) is 5.92 Å². The average molecular weight is 177 g/mol. The number of aromatic nitrogens is 1. The maximum absolute atomic E-state index is 5.55. The van der Waals surface area contributed by atoms with E-state index in [2.05, 4.69) is 24.9 Å². The molecule has 2 nitrogen and oxygen atoms in total. The number of pyridine rings is 1. The quantitative estimate of drug-likeness (QED) is 0.692. The van der Waals surface area contributed by atoms with E-state index in [0.717, 1.165) is 18.3 Å². The van der Waals surface area contributed by atoms with Crippen LogP contribution in [0.4, 0.5) is 0 Å². The summed E-state index contributed by atoms with van der Waals surface area (Å²) in [5, 5.41) is 0. The van der Waals surface area contributed by atoms with E-state index < -0.39 is 0 Å². The van der Waals surface area contributed by atoms with Gasteiger partial charge in [0.2, 0.25) is 0 Å². The van der Waals surface area contributed by atoms with Crippen molar-refractivity contribution in [2.75, 3.05) is 6.61 Å². The van der Waals surface area contributed by atoms with Gasteiger partial charge in [-0.2, -0.15) is 0 Å². The molecule has 1 unspecified atom stereocenters. The number of fused-ring (bicyclic) bond motifs is 1. The van der Waals surface area contributed by atoms with Crippen LogP contribution < -0.4 is 4.74 Å². The molecule has 0 radical (unpaired) electrons. The molecule has 0 bridgehead atoms. The summed E-state index contributed by atoms with van der Waals surface area (Å²) in [5.41, 5.74) is 1.34. The molecule has 2 heteroatoms. The Morgan fingerprint density at radius 3 is 3.23 bits per heavy atom. The summed E-state index contributed by atoms with van der Waals surface area (Å²) in [5.74, 6) is 2.29. The van der Waals surface area contributed by atoms with Gasteiger partial charge in [0.05, 0.1) is 12.8 Å². The van der Waals surface area contributed by atoms with E-state index in [1.807, 2.05) is 12.4 Å². The fourth-order valence-electron chi connectivity index (χ4n) is 1.89. The SMILES string of the molecule is CC(C)CC1COc2cnccc21. The van der Waals surface area contributed by atoms with Crippen molar-refractivity contribution in [1.29, 1.82) is 0 Å². The highest BCUT2D eigenvalue weighted by Gasteiger charge is 2.24. The second-order valence-electron chi connectivity index (χ2n) is 4.05. The summed E-state index contributed by atoms with van der Waals surface area (Å²) in [7, 11) is 0. The zero-order valence-electron chi connectivity index (χ0n) is 8.16. The van der Waals surface area contributed by atoms with Crippen LogP contribution in [-0.4, -0.2) is 11.6 Å². The summed E-state index contributed by atoms with van der Waals surface area (Å²) in [4.78, 5) is 4.04. The number of ether oxygens (including phenoxy) is 1. The monoisotopic (exact) mass is 177 g/mol. The molecule has 13 heavy (non-hydrogen) atoms. The topological polar surface area (TPSA) is 22.1 Å². The van der Waals surface area contributed by atoms with Gasteiger partial charge >= 0.3 is 0 Å². The molecule has 0 saturated heterocycles. The Balaban J connectivity index is 2.18.